The lowest BCUT2D eigenvalue weighted by molar-refractivity contribution is -0.131. The zero-order chi connectivity index (χ0) is 16.3. The Morgan fingerprint density at radius 2 is 1.82 bits per heavy atom. The number of hydrogen-bond donors (Lipinski definition) is 3. The lowest BCUT2D eigenvalue weighted by Gasteiger charge is -2.09. The first-order valence-corrected chi connectivity index (χ1v) is 7.19. The zero-order valence-electron chi connectivity index (χ0n) is 12.0. The molecule has 0 saturated carbocycles. The topological polar surface area (TPSA) is 99.0 Å². The molecular formula is C15H14N2O4S. The minimum absolute atomic E-state index is 0.0454. The Morgan fingerprint density at radius 1 is 1.18 bits per heavy atom. The molecule has 114 valence electrons. The molecular weight excluding hydrogens is 304 g/mol. The Morgan fingerprint density at radius 3 is 2.32 bits per heavy atom. The summed E-state index contributed by atoms with van der Waals surface area (Å²) in [4.78, 5) is 27.2. The number of carboxylic acids is 1. The van der Waals surface area contributed by atoms with Crippen molar-refractivity contribution in [3.8, 4) is 0 Å². The maximum Gasteiger partial charge on any atom is 0.339 e. The summed E-state index contributed by atoms with van der Waals surface area (Å²) in [7, 11) is 0. The number of nitrogens with zero attached hydrogens (tertiary/aromatic N) is 1. The van der Waals surface area contributed by atoms with Gasteiger partial charge in [0.2, 0.25) is 5.91 Å². The molecule has 1 amide bonds. The van der Waals surface area contributed by atoms with Crippen molar-refractivity contribution in [1.82, 2.24) is 5.48 Å². The Bertz CT molecular complexity index is 720. The fourth-order valence-electron chi connectivity index (χ4n) is 2.03. The summed E-state index contributed by atoms with van der Waals surface area (Å²) in [5.74, 6) is -1.66. The lowest BCUT2D eigenvalue weighted by Crippen LogP contribution is -2.09. The van der Waals surface area contributed by atoms with Crippen LogP contribution in [0, 0.1) is 0 Å². The quantitative estimate of drug-likeness (QED) is 0.740. The molecule has 3 N–H and O–H groups in total. The number of hydrogen-bond acceptors (Lipinski definition) is 5. The Hall–Kier alpha value is -2.38. The number of aliphatic carboxylic acids is 1. The summed E-state index contributed by atoms with van der Waals surface area (Å²) < 4.78 is 0. The fraction of sp³-hybridized carbons (Fsp3) is 0.133. The van der Waals surface area contributed by atoms with Crippen LogP contribution in [0.5, 0.6) is 0 Å². The van der Waals surface area contributed by atoms with Gasteiger partial charge in [0, 0.05) is 23.1 Å². The minimum atomic E-state index is -1.17. The molecule has 0 bridgehead atoms. The molecule has 1 aromatic rings. The smallest absolute Gasteiger partial charge is 0.339 e. The minimum Gasteiger partial charge on any atom is -0.478 e. The first kappa shape index (κ1) is 16.0. The van der Waals surface area contributed by atoms with Gasteiger partial charge in [-0.15, -0.1) is 0 Å². The van der Waals surface area contributed by atoms with Crippen LogP contribution in [0.2, 0.25) is 0 Å². The molecule has 1 heterocycles. The van der Waals surface area contributed by atoms with Crippen molar-refractivity contribution in [2.45, 2.75) is 13.8 Å². The third-order valence-corrected chi connectivity index (χ3v) is 4.14. The number of amides is 1. The number of allylic oxidation sites excluding steroid dienone is 2. The van der Waals surface area contributed by atoms with Crippen molar-refractivity contribution >= 4 is 34.3 Å². The summed E-state index contributed by atoms with van der Waals surface area (Å²) in [6.07, 6.45) is 0. The van der Waals surface area contributed by atoms with Gasteiger partial charge in [-0.1, -0.05) is 42.1 Å². The van der Waals surface area contributed by atoms with Gasteiger partial charge in [-0.3, -0.25) is 15.5 Å². The Labute approximate surface area is 131 Å². The predicted molar refractivity (Wildman–Crippen MR) is 84.3 cm³/mol. The molecule has 22 heavy (non-hydrogen) atoms. The first-order valence-electron chi connectivity index (χ1n) is 6.37. The highest BCUT2D eigenvalue weighted by atomic mass is 32.2. The number of carbonyl (C=O) groups is 2. The van der Waals surface area contributed by atoms with E-state index in [1.54, 1.807) is 31.2 Å². The summed E-state index contributed by atoms with van der Waals surface area (Å²) in [5.41, 5.74) is 3.47. The molecule has 0 aliphatic carbocycles. The fourth-order valence-corrected chi connectivity index (χ4v) is 3.21. The molecule has 1 aromatic carbocycles. The van der Waals surface area contributed by atoms with Crippen LogP contribution in [-0.2, 0) is 9.59 Å². The second-order valence-electron chi connectivity index (χ2n) is 4.53. The predicted octanol–water partition coefficient (Wildman–Crippen LogP) is 2.43. The van der Waals surface area contributed by atoms with Gasteiger partial charge in [0.1, 0.15) is 10.6 Å². The highest BCUT2D eigenvalue weighted by molar-refractivity contribution is 8.19. The van der Waals surface area contributed by atoms with E-state index in [2.05, 4.69) is 4.99 Å². The molecule has 0 spiro atoms. The molecule has 0 saturated heterocycles. The van der Waals surface area contributed by atoms with Crippen molar-refractivity contribution in [1.29, 1.82) is 0 Å². The van der Waals surface area contributed by atoms with Crippen LogP contribution in [0.1, 0.15) is 19.4 Å². The number of carboxylic acid groups (broad SMARTS) is 1. The van der Waals surface area contributed by atoms with E-state index in [1.165, 1.54) is 6.92 Å². The SMILES string of the molecule is CC(=O)/N=C1/S/C(=C(\C)NO)C(c2ccccc2)=C1C(=O)O. The van der Waals surface area contributed by atoms with Gasteiger partial charge in [-0.25, -0.2) is 9.79 Å². The number of rotatable bonds is 3. The second kappa shape index (κ2) is 6.59. The Balaban J connectivity index is 2.78. The maximum atomic E-state index is 11.7. The standard InChI is InChI=1S/C15H14N2O4S/c1-8(17-21)13-11(10-6-4-3-5-7-10)12(15(19)20)14(22-13)16-9(2)18/h3-7,17,21H,1-2H3,(H,19,20)/b13-8+,16-14+. The van der Waals surface area contributed by atoms with Gasteiger partial charge in [0.25, 0.3) is 0 Å². The van der Waals surface area contributed by atoms with Crippen molar-refractivity contribution in [2.75, 3.05) is 0 Å². The molecule has 0 radical (unpaired) electrons. The van der Waals surface area contributed by atoms with E-state index in [4.69, 9.17) is 5.21 Å². The lowest BCUT2D eigenvalue weighted by atomic mass is 9.99. The third kappa shape index (κ3) is 3.10. The number of hydroxylamine groups is 1. The summed E-state index contributed by atoms with van der Waals surface area (Å²) in [6.45, 7) is 2.87. The monoisotopic (exact) mass is 318 g/mol. The number of thioether (sulfide) groups is 1. The zero-order valence-corrected chi connectivity index (χ0v) is 12.8. The van der Waals surface area contributed by atoms with Gasteiger partial charge in [-0.2, -0.15) is 0 Å². The molecule has 0 aromatic heterocycles. The van der Waals surface area contributed by atoms with E-state index in [0.717, 1.165) is 11.8 Å². The van der Waals surface area contributed by atoms with Crippen molar-refractivity contribution in [3.63, 3.8) is 0 Å². The third-order valence-electron chi connectivity index (χ3n) is 2.93. The molecule has 1 aliphatic heterocycles. The van der Waals surface area contributed by atoms with Gasteiger partial charge in [0.05, 0.1) is 0 Å². The number of benzene rings is 1. The normalized spacial score (nSPS) is 18.6. The molecule has 7 heteroatoms. The average molecular weight is 318 g/mol. The van der Waals surface area contributed by atoms with Gasteiger partial charge >= 0.3 is 5.97 Å². The first-order chi connectivity index (χ1) is 10.5. The van der Waals surface area contributed by atoms with E-state index >= 15 is 0 Å². The van der Waals surface area contributed by atoms with E-state index in [0.29, 0.717) is 21.7 Å². The van der Waals surface area contributed by atoms with Crippen LogP contribution < -0.4 is 5.48 Å². The van der Waals surface area contributed by atoms with Crippen molar-refractivity contribution in [2.24, 2.45) is 4.99 Å². The molecule has 0 unspecified atom stereocenters. The average Bonchev–Trinajstić information content (AvgIpc) is 2.85. The van der Waals surface area contributed by atoms with Gasteiger partial charge < -0.3 is 5.11 Å². The van der Waals surface area contributed by atoms with Gasteiger partial charge in [-0.05, 0) is 12.5 Å². The van der Waals surface area contributed by atoms with E-state index in [-0.39, 0.29) is 10.6 Å². The summed E-state index contributed by atoms with van der Waals surface area (Å²) in [5, 5.41) is 18.8. The van der Waals surface area contributed by atoms with Crippen LogP contribution in [0.15, 0.2) is 51.5 Å². The number of nitrogens with one attached hydrogen (secondary N) is 1. The van der Waals surface area contributed by atoms with E-state index in [9.17, 15) is 14.7 Å². The van der Waals surface area contributed by atoms with E-state index in [1.807, 2.05) is 11.5 Å². The number of carbonyl (C=O) groups excluding carboxylic acids is 1. The summed E-state index contributed by atoms with van der Waals surface area (Å²) in [6, 6.07) is 8.91. The van der Waals surface area contributed by atoms with Crippen LogP contribution >= 0.6 is 11.8 Å². The van der Waals surface area contributed by atoms with Gasteiger partial charge in [0.15, 0.2) is 0 Å². The highest BCUT2D eigenvalue weighted by Gasteiger charge is 2.34. The van der Waals surface area contributed by atoms with Crippen molar-refractivity contribution in [3.05, 3.63) is 52.1 Å². The molecule has 0 atom stereocenters. The van der Waals surface area contributed by atoms with Crippen LogP contribution in [0.3, 0.4) is 0 Å². The van der Waals surface area contributed by atoms with Crippen LogP contribution in [0.25, 0.3) is 5.57 Å². The number of aliphatic imine (C=N–C) groups is 1. The molecule has 0 fully saturated rings. The largest absolute Gasteiger partial charge is 0.478 e. The molecule has 6 nitrogen and oxygen atoms in total. The molecule has 2 rings (SSSR count). The molecule has 1 aliphatic rings. The highest BCUT2D eigenvalue weighted by Crippen LogP contribution is 2.45. The second-order valence-corrected chi connectivity index (χ2v) is 5.52. The van der Waals surface area contributed by atoms with E-state index < -0.39 is 11.9 Å². The van der Waals surface area contributed by atoms with Crippen LogP contribution in [-0.4, -0.2) is 27.2 Å². The van der Waals surface area contributed by atoms with Crippen LogP contribution in [0.4, 0.5) is 0 Å². The summed E-state index contributed by atoms with van der Waals surface area (Å²) >= 11 is 1.04. The van der Waals surface area contributed by atoms with Crippen molar-refractivity contribution < 1.29 is 19.9 Å². The maximum absolute atomic E-state index is 11.7. The Kier molecular flexibility index (Phi) is 4.79.